The van der Waals surface area contributed by atoms with Crippen LogP contribution in [0.2, 0.25) is 0 Å². The minimum Gasteiger partial charge on any atom is -0.370 e. The average Bonchev–Trinajstić information content (AvgIpc) is 2.58. The molecule has 0 amide bonds. The maximum atomic E-state index is 3.30. The standard InChI is InChI=1S/C14H22N2/c1-11(2)9-16-10-12(8-15-3)13-6-4-5-7-14(13)16/h4-7,11-12,15H,8-10H2,1-3H3. The van der Waals surface area contributed by atoms with Gasteiger partial charge in [-0.05, 0) is 24.6 Å². The van der Waals surface area contributed by atoms with Gasteiger partial charge >= 0.3 is 0 Å². The lowest BCUT2D eigenvalue weighted by Gasteiger charge is -2.22. The van der Waals surface area contributed by atoms with Crippen molar-refractivity contribution in [3.8, 4) is 0 Å². The number of anilines is 1. The molecule has 1 aliphatic heterocycles. The minimum atomic E-state index is 0.653. The van der Waals surface area contributed by atoms with E-state index in [0.717, 1.165) is 19.0 Å². The number of hydrogen-bond donors (Lipinski definition) is 1. The third-order valence-electron chi connectivity index (χ3n) is 3.19. The zero-order valence-corrected chi connectivity index (χ0v) is 10.5. The van der Waals surface area contributed by atoms with Gasteiger partial charge in [-0.3, -0.25) is 0 Å². The van der Waals surface area contributed by atoms with E-state index in [0.29, 0.717) is 5.92 Å². The van der Waals surface area contributed by atoms with E-state index in [4.69, 9.17) is 0 Å². The number of rotatable bonds is 4. The van der Waals surface area contributed by atoms with E-state index in [2.05, 4.69) is 48.3 Å². The molecular weight excluding hydrogens is 196 g/mol. The Morgan fingerprint density at radius 3 is 2.81 bits per heavy atom. The number of likely N-dealkylation sites (N-methyl/N-ethyl adjacent to an activating group) is 1. The molecule has 1 N–H and O–H groups in total. The lowest BCUT2D eigenvalue weighted by molar-refractivity contribution is 0.585. The van der Waals surface area contributed by atoms with Crippen molar-refractivity contribution in [1.29, 1.82) is 0 Å². The predicted molar refractivity (Wildman–Crippen MR) is 70.2 cm³/mol. The Labute approximate surface area is 98.7 Å². The van der Waals surface area contributed by atoms with Crippen LogP contribution in [0.3, 0.4) is 0 Å². The first-order valence-electron chi connectivity index (χ1n) is 6.21. The van der Waals surface area contributed by atoms with Crippen LogP contribution in [-0.4, -0.2) is 26.7 Å². The van der Waals surface area contributed by atoms with Gasteiger partial charge in [0.05, 0.1) is 0 Å². The Balaban J connectivity index is 2.21. The second-order valence-electron chi connectivity index (χ2n) is 5.11. The van der Waals surface area contributed by atoms with Crippen molar-refractivity contribution in [3.05, 3.63) is 29.8 Å². The lowest BCUT2D eigenvalue weighted by atomic mass is 10.0. The first-order valence-corrected chi connectivity index (χ1v) is 6.21. The molecule has 2 rings (SSSR count). The molecule has 88 valence electrons. The average molecular weight is 218 g/mol. The number of hydrogen-bond acceptors (Lipinski definition) is 2. The monoisotopic (exact) mass is 218 g/mol. The van der Waals surface area contributed by atoms with E-state index in [1.807, 2.05) is 7.05 Å². The molecule has 0 aliphatic carbocycles. The van der Waals surface area contributed by atoms with Crippen LogP contribution in [0.4, 0.5) is 5.69 Å². The van der Waals surface area contributed by atoms with Crippen molar-refractivity contribution in [2.75, 3.05) is 31.6 Å². The molecule has 2 nitrogen and oxygen atoms in total. The molecule has 0 bridgehead atoms. The van der Waals surface area contributed by atoms with Crippen molar-refractivity contribution in [3.63, 3.8) is 0 Å². The molecule has 2 heteroatoms. The molecule has 1 aliphatic rings. The molecule has 16 heavy (non-hydrogen) atoms. The topological polar surface area (TPSA) is 15.3 Å². The summed E-state index contributed by atoms with van der Waals surface area (Å²) in [7, 11) is 2.04. The largest absolute Gasteiger partial charge is 0.370 e. The Morgan fingerprint density at radius 1 is 1.38 bits per heavy atom. The van der Waals surface area contributed by atoms with E-state index in [1.54, 1.807) is 0 Å². The normalized spacial score (nSPS) is 19.2. The predicted octanol–water partition coefficient (Wildman–Crippen LogP) is 2.47. The maximum absolute atomic E-state index is 3.30. The zero-order valence-electron chi connectivity index (χ0n) is 10.5. The fraction of sp³-hybridized carbons (Fsp3) is 0.571. The summed E-state index contributed by atoms with van der Waals surface area (Å²) >= 11 is 0. The molecule has 0 saturated carbocycles. The molecule has 1 unspecified atom stereocenters. The van der Waals surface area contributed by atoms with Crippen LogP contribution < -0.4 is 10.2 Å². The molecule has 0 spiro atoms. The molecule has 0 fully saturated rings. The second-order valence-corrected chi connectivity index (χ2v) is 5.11. The first kappa shape index (κ1) is 11.5. The van der Waals surface area contributed by atoms with Gasteiger partial charge in [0.2, 0.25) is 0 Å². The molecule has 1 aromatic rings. The van der Waals surface area contributed by atoms with Gasteiger partial charge in [-0.25, -0.2) is 0 Å². The lowest BCUT2D eigenvalue weighted by Crippen LogP contribution is -2.28. The molecule has 1 aromatic carbocycles. The van der Waals surface area contributed by atoms with Gasteiger partial charge in [-0.15, -0.1) is 0 Å². The summed E-state index contributed by atoms with van der Waals surface area (Å²) in [5.74, 6) is 1.38. The summed E-state index contributed by atoms with van der Waals surface area (Å²) in [5.41, 5.74) is 2.95. The Morgan fingerprint density at radius 2 is 2.12 bits per heavy atom. The van der Waals surface area contributed by atoms with Crippen molar-refractivity contribution in [1.82, 2.24) is 5.32 Å². The van der Waals surface area contributed by atoms with Crippen molar-refractivity contribution in [2.45, 2.75) is 19.8 Å². The summed E-state index contributed by atoms with van der Waals surface area (Å²) in [4.78, 5) is 2.53. The summed E-state index contributed by atoms with van der Waals surface area (Å²) in [5, 5.41) is 3.30. The van der Waals surface area contributed by atoms with E-state index >= 15 is 0 Å². The van der Waals surface area contributed by atoms with E-state index in [1.165, 1.54) is 17.8 Å². The Kier molecular flexibility index (Phi) is 3.49. The highest BCUT2D eigenvalue weighted by Gasteiger charge is 2.27. The van der Waals surface area contributed by atoms with E-state index in [-0.39, 0.29) is 0 Å². The van der Waals surface area contributed by atoms with Gasteiger partial charge in [0.15, 0.2) is 0 Å². The number of para-hydroxylation sites is 1. The van der Waals surface area contributed by atoms with Crippen molar-refractivity contribution in [2.24, 2.45) is 5.92 Å². The number of nitrogens with one attached hydrogen (secondary N) is 1. The molecular formula is C14H22N2. The molecule has 0 aromatic heterocycles. The number of nitrogens with zero attached hydrogens (tertiary/aromatic N) is 1. The van der Waals surface area contributed by atoms with Gasteiger partial charge in [0.1, 0.15) is 0 Å². The van der Waals surface area contributed by atoms with Gasteiger partial charge < -0.3 is 10.2 Å². The summed E-state index contributed by atoms with van der Waals surface area (Å²) in [6.07, 6.45) is 0. The van der Waals surface area contributed by atoms with Crippen LogP contribution in [-0.2, 0) is 0 Å². The van der Waals surface area contributed by atoms with E-state index in [9.17, 15) is 0 Å². The van der Waals surface area contributed by atoms with Crippen LogP contribution in [0.5, 0.6) is 0 Å². The number of fused-ring (bicyclic) bond motifs is 1. The molecule has 1 heterocycles. The SMILES string of the molecule is CNCC1CN(CC(C)C)c2ccccc21. The third kappa shape index (κ3) is 2.22. The highest BCUT2D eigenvalue weighted by atomic mass is 15.2. The second kappa shape index (κ2) is 4.88. The summed E-state index contributed by atoms with van der Waals surface area (Å²) in [6, 6.07) is 8.83. The molecule has 0 radical (unpaired) electrons. The highest BCUT2D eigenvalue weighted by Crippen LogP contribution is 2.35. The number of benzene rings is 1. The van der Waals surface area contributed by atoms with Crippen LogP contribution in [0.15, 0.2) is 24.3 Å². The Hall–Kier alpha value is -1.02. The first-order chi connectivity index (χ1) is 7.72. The van der Waals surface area contributed by atoms with Crippen LogP contribution >= 0.6 is 0 Å². The summed E-state index contributed by atoms with van der Waals surface area (Å²) in [6.45, 7) is 7.98. The summed E-state index contributed by atoms with van der Waals surface area (Å²) < 4.78 is 0. The van der Waals surface area contributed by atoms with Crippen LogP contribution in [0, 0.1) is 5.92 Å². The molecule has 1 atom stereocenters. The smallest absolute Gasteiger partial charge is 0.0403 e. The van der Waals surface area contributed by atoms with Gasteiger partial charge in [-0.2, -0.15) is 0 Å². The van der Waals surface area contributed by atoms with Gasteiger partial charge in [0.25, 0.3) is 0 Å². The maximum Gasteiger partial charge on any atom is 0.0403 e. The van der Waals surface area contributed by atoms with Crippen LogP contribution in [0.25, 0.3) is 0 Å². The minimum absolute atomic E-state index is 0.653. The Bertz CT molecular complexity index is 346. The quantitative estimate of drug-likeness (QED) is 0.835. The van der Waals surface area contributed by atoms with Crippen LogP contribution in [0.1, 0.15) is 25.3 Å². The highest BCUT2D eigenvalue weighted by molar-refractivity contribution is 5.60. The fourth-order valence-corrected chi connectivity index (χ4v) is 2.62. The van der Waals surface area contributed by atoms with E-state index < -0.39 is 0 Å². The fourth-order valence-electron chi connectivity index (χ4n) is 2.62. The zero-order chi connectivity index (χ0) is 11.5. The third-order valence-corrected chi connectivity index (χ3v) is 3.19. The van der Waals surface area contributed by atoms with Crippen molar-refractivity contribution < 1.29 is 0 Å². The van der Waals surface area contributed by atoms with Gasteiger partial charge in [0, 0.05) is 31.2 Å². The van der Waals surface area contributed by atoms with Gasteiger partial charge in [-0.1, -0.05) is 32.0 Å². The molecule has 0 saturated heterocycles. The van der Waals surface area contributed by atoms with Crippen molar-refractivity contribution >= 4 is 5.69 Å².